The van der Waals surface area contributed by atoms with Crippen molar-refractivity contribution in [2.75, 3.05) is 11.1 Å². The monoisotopic (exact) mass is 262 g/mol. The van der Waals surface area contributed by atoms with Crippen LogP contribution in [0.25, 0.3) is 0 Å². The van der Waals surface area contributed by atoms with Crippen molar-refractivity contribution in [2.45, 2.75) is 26.8 Å². The molecule has 2 atom stereocenters. The van der Waals surface area contributed by atoms with E-state index in [1.165, 1.54) is 0 Å². The molecule has 18 heavy (non-hydrogen) atoms. The Labute approximate surface area is 112 Å². The van der Waals surface area contributed by atoms with Crippen molar-refractivity contribution < 1.29 is 4.79 Å². The summed E-state index contributed by atoms with van der Waals surface area (Å²) in [7, 11) is 0. The summed E-state index contributed by atoms with van der Waals surface area (Å²) in [6.45, 7) is 5.94. The Hall–Kier alpha value is -1.29. The number of anilines is 1. The number of ketones is 1. The molecule has 1 aliphatic rings. The van der Waals surface area contributed by atoms with Gasteiger partial charge in [0.2, 0.25) is 0 Å². The first kappa shape index (κ1) is 13.1. The predicted molar refractivity (Wildman–Crippen MR) is 78.6 cm³/mol. The van der Waals surface area contributed by atoms with Gasteiger partial charge in [0.1, 0.15) is 0 Å². The molecule has 0 amide bonds. The van der Waals surface area contributed by atoms with Crippen molar-refractivity contribution in [1.29, 1.82) is 0 Å². The molecule has 1 N–H and O–H groups in total. The summed E-state index contributed by atoms with van der Waals surface area (Å²) in [6, 6.07) is 7.88. The molecule has 2 unspecified atom stereocenters. The summed E-state index contributed by atoms with van der Waals surface area (Å²) in [5, 5.41) is 4.27. The smallest absolute Gasteiger partial charge is 0.161 e. The Balaban J connectivity index is 2.06. The van der Waals surface area contributed by atoms with Gasteiger partial charge in [0.15, 0.2) is 11.0 Å². The molecular formula is C14H18N2OS. The summed E-state index contributed by atoms with van der Waals surface area (Å²) >= 11 is 1.75. The number of benzene rings is 1. The topological polar surface area (TPSA) is 41.5 Å². The third-order valence-corrected chi connectivity index (χ3v) is 4.34. The van der Waals surface area contributed by atoms with E-state index in [0.29, 0.717) is 12.0 Å². The maximum atomic E-state index is 11.2. The molecule has 0 spiro atoms. The van der Waals surface area contributed by atoms with Crippen LogP contribution in [0, 0.1) is 5.92 Å². The number of nitrogens with zero attached hydrogens (tertiary/aromatic N) is 1. The molecule has 1 aliphatic heterocycles. The molecule has 0 saturated heterocycles. The second kappa shape index (κ2) is 5.57. The lowest BCUT2D eigenvalue weighted by Crippen LogP contribution is -2.25. The van der Waals surface area contributed by atoms with Crippen LogP contribution in [0.1, 0.15) is 31.1 Å². The number of hydrogen-bond acceptors (Lipinski definition) is 4. The fraction of sp³-hybridized carbons (Fsp3) is 0.429. The van der Waals surface area contributed by atoms with Gasteiger partial charge in [-0.2, -0.15) is 0 Å². The van der Waals surface area contributed by atoms with Gasteiger partial charge in [0, 0.05) is 17.0 Å². The van der Waals surface area contributed by atoms with Crippen molar-refractivity contribution in [3.63, 3.8) is 0 Å². The number of carbonyl (C=O) groups is 1. The first-order valence-electron chi connectivity index (χ1n) is 6.15. The number of carbonyl (C=O) groups excluding carboxylic acids is 1. The summed E-state index contributed by atoms with van der Waals surface area (Å²) in [4.78, 5) is 15.8. The van der Waals surface area contributed by atoms with E-state index in [1.54, 1.807) is 18.7 Å². The van der Waals surface area contributed by atoms with Crippen LogP contribution in [0.5, 0.6) is 0 Å². The highest BCUT2D eigenvalue weighted by molar-refractivity contribution is 8.14. The maximum Gasteiger partial charge on any atom is 0.161 e. The van der Waals surface area contributed by atoms with Crippen molar-refractivity contribution in [2.24, 2.45) is 10.9 Å². The third kappa shape index (κ3) is 3.13. The van der Waals surface area contributed by atoms with Gasteiger partial charge in [-0.05, 0) is 44.0 Å². The molecule has 3 nitrogen and oxygen atoms in total. The molecule has 1 aromatic rings. The number of aliphatic imine (C=N–C) groups is 1. The number of Topliss-reactive ketones (excluding diaryl/α,β-unsaturated/α-hetero) is 1. The normalized spacial score (nSPS) is 23.4. The zero-order valence-electron chi connectivity index (χ0n) is 10.9. The minimum atomic E-state index is 0.0911. The molecule has 96 valence electrons. The van der Waals surface area contributed by atoms with Gasteiger partial charge in [-0.3, -0.25) is 9.79 Å². The van der Waals surface area contributed by atoms with E-state index in [-0.39, 0.29) is 5.78 Å². The standard InChI is InChI=1S/C14H18N2OS/c1-9-8-18-14(15-10(9)2)16-13-6-4-12(5-7-13)11(3)17/h4-7,9-10H,8H2,1-3H3,(H,15,16). The minimum absolute atomic E-state index is 0.0911. The van der Waals surface area contributed by atoms with Crippen LogP contribution in [-0.2, 0) is 0 Å². The number of thioether (sulfide) groups is 1. The average Bonchev–Trinajstić information content (AvgIpc) is 2.34. The van der Waals surface area contributed by atoms with Crippen LogP contribution in [0.3, 0.4) is 0 Å². The third-order valence-electron chi connectivity index (χ3n) is 3.17. The number of nitrogens with one attached hydrogen (secondary N) is 1. The average molecular weight is 262 g/mol. The predicted octanol–water partition coefficient (Wildman–Crippen LogP) is 3.43. The van der Waals surface area contributed by atoms with Crippen molar-refractivity contribution in [1.82, 2.24) is 0 Å². The first-order valence-corrected chi connectivity index (χ1v) is 7.13. The highest BCUT2D eigenvalue weighted by Gasteiger charge is 2.19. The second-order valence-corrected chi connectivity index (χ2v) is 5.73. The van der Waals surface area contributed by atoms with Crippen LogP contribution in [-0.4, -0.2) is 22.7 Å². The van der Waals surface area contributed by atoms with E-state index < -0.39 is 0 Å². The van der Waals surface area contributed by atoms with Crippen molar-refractivity contribution in [3.8, 4) is 0 Å². The molecule has 0 radical (unpaired) electrons. The molecule has 2 rings (SSSR count). The lowest BCUT2D eigenvalue weighted by molar-refractivity contribution is 0.101. The maximum absolute atomic E-state index is 11.2. The van der Waals surface area contributed by atoms with E-state index in [4.69, 9.17) is 0 Å². The van der Waals surface area contributed by atoms with E-state index in [2.05, 4.69) is 24.2 Å². The van der Waals surface area contributed by atoms with Gasteiger partial charge in [-0.25, -0.2) is 0 Å². The molecular weight excluding hydrogens is 244 g/mol. The second-order valence-electron chi connectivity index (χ2n) is 4.72. The molecule has 0 bridgehead atoms. The SMILES string of the molecule is CC(=O)c1ccc(NC2=NC(C)C(C)CS2)cc1. The van der Waals surface area contributed by atoms with Crippen LogP contribution in [0.4, 0.5) is 5.69 Å². The summed E-state index contributed by atoms with van der Waals surface area (Å²) < 4.78 is 0. The lowest BCUT2D eigenvalue weighted by Gasteiger charge is -2.23. The quantitative estimate of drug-likeness (QED) is 0.830. The Morgan fingerprint density at radius 3 is 2.56 bits per heavy atom. The fourth-order valence-corrected chi connectivity index (χ4v) is 2.81. The van der Waals surface area contributed by atoms with Gasteiger partial charge < -0.3 is 5.32 Å². The Morgan fingerprint density at radius 1 is 1.33 bits per heavy atom. The van der Waals surface area contributed by atoms with E-state index in [9.17, 15) is 4.79 Å². The first-order chi connectivity index (χ1) is 8.56. The van der Waals surface area contributed by atoms with E-state index >= 15 is 0 Å². The van der Waals surface area contributed by atoms with Crippen LogP contribution < -0.4 is 5.32 Å². The van der Waals surface area contributed by atoms with Crippen LogP contribution in [0.15, 0.2) is 29.3 Å². The highest BCUT2D eigenvalue weighted by atomic mass is 32.2. The molecule has 4 heteroatoms. The van der Waals surface area contributed by atoms with Crippen molar-refractivity contribution >= 4 is 28.4 Å². The zero-order valence-corrected chi connectivity index (χ0v) is 11.8. The largest absolute Gasteiger partial charge is 0.335 e. The Bertz CT molecular complexity index is 467. The molecule has 0 aliphatic carbocycles. The zero-order chi connectivity index (χ0) is 13.1. The molecule has 0 saturated carbocycles. The number of rotatable bonds is 2. The summed E-state index contributed by atoms with van der Waals surface area (Å²) in [5.41, 5.74) is 1.72. The fourth-order valence-electron chi connectivity index (χ4n) is 1.68. The molecule has 1 heterocycles. The minimum Gasteiger partial charge on any atom is -0.335 e. The molecule has 0 fully saturated rings. The summed E-state index contributed by atoms with van der Waals surface area (Å²) in [5.74, 6) is 1.81. The van der Waals surface area contributed by atoms with Gasteiger partial charge in [0.05, 0.1) is 6.04 Å². The number of hydrogen-bond donors (Lipinski definition) is 1. The molecule has 1 aromatic carbocycles. The highest BCUT2D eigenvalue weighted by Crippen LogP contribution is 2.23. The van der Waals surface area contributed by atoms with Crippen LogP contribution >= 0.6 is 11.8 Å². The van der Waals surface area contributed by atoms with E-state index in [0.717, 1.165) is 22.2 Å². The van der Waals surface area contributed by atoms with E-state index in [1.807, 2.05) is 24.3 Å². The van der Waals surface area contributed by atoms with Gasteiger partial charge >= 0.3 is 0 Å². The van der Waals surface area contributed by atoms with Gasteiger partial charge in [0.25, 0.3) is 0 Å². The van der Waals surface area contributed by atoms with Crippen molar-refractivity contribution in [3.05, 3.63) is 29.8 Å². The molecule has 0 aromatic heterocycles. The Morgan fingerprint density at radius 2 is 2.00 bits per heavy atom. The lowest BCUT2D eigenvalue weighted by atomic mass is 10.1. The Kier molecular flexibility index (Phi) is 4.07. The summed E-state index contributed by atoms with van der Waals surface area (Å²) in [6.07, 6.45) is 0. The number of amidine groups is 1. The van der Waals surface area contributed by atoms with Crippen LogP contribution in [0.2, 0.25) is 0 Å². The van der Waals surface area contributed by atoms with Gasteiger partial charge in [-0.15, -0.1) is 0 Å². The van der Waals surface area contributed by atoms with Gasteiger partial charge in [-0.1, -0.05) is 18.7 Å².